The fourth-order valence-electron chi connectivity index (χ4n) is 9.93. The quantitative estimate of drug-likeness (QED) is 0.157. The smallest absolute Gasteiger partial charge is 0.164 e. The molecule has 0 bridgehead atoms. The van der Waals surface area contributed by atoms with Gasteiger partial charge in [-0.1, -0.05) is 206 Å². The maximum Gasteiger partial charge on any atom is 0.164 e. The Bertz CT molecular complexity index is 3970. The van der Waals surface area contributed by atoms with Crippen molar-refractivity contribution in [2.24, 2.45) is 0 Å². The molecule has 11 aromatic carbocycles. The zero-order chi connectivity index (χ0) is 43.6. The lowest BCUT2D eigenvalue weighted by Crippen LogP contribution is -2.00. The molecule has 2 aromatic heterocycles. The van der Waals surface area contributed by atoms with Gasteiger partial charge in [0.05, 0.1) is 11.2 Å². The van der Waals surface area contributed by atoms with Gasteiger partial charge in [0.25, 0.3) is 0 Å². The Morgan fingerprint density at radius 2 is 0.591 bits per heavy atom. The molecule has 0 N–H and O–H groups in total. The zero-order valence-electron chi connectivity index (χ0n) is 35.7. The van der Waals surface area contributed by atoms with Crippen LogP contribution >= 0.6 is 0 Å². The van der Waals surface area contributed by atoms with E-state index in [2.05, 4.69) is 170 Å². The third-order valence-corrected chi connectivity index (χ3v) is 13.1. The highest BCUT2D eigenvalue weighted by atomic mass is 15.0. The summed E-state index contributed by atoms with van der Waals surface area (Å²) in [5.74, 6) is 1.91. The van der Waals surface area contributed by atoms with E-state index in [1.807, 2.05) is 60.7 Å². The Hall–Kier alpha value is -8.86. The molecular formula is C62H38N4. The highest BCUT2D eigenvalue weighted by Crippen LogP contribution is 2.45. The molecule has 0 aliphatic carbocycles. The summed E-state index contributed by atoms with van der Waals surface area (Å²) in [6, 6.07) is 82.0. The average molecular weight is 839 g/mol. The van der Waals surface area contributed by atoms with E-state index in [1.54, 1.807) is 0 Å². The molecule has 0 saturated carbocycles. The van der Waals surface area contributed by atoms with Crippen LogP contribution in [0.1, 0.15) is 0 Å². The van der Waals surface area contributed by atoms with E-state index in [1.165, 1.54) is 48.7 Å². The van der Waals surface area contributed by atoms with Crippen molar-refractivity contribution in [3.8, 4) is 67.7 Å². The third kappa shape index (κ3) is 6.30. The molecule has 0 radical (unpaired) electrons. The van der Waals surface area contributed by atoms with Crippen LogP contribution in [0.5, 0.6) is 0 Å². The van der Waals surface area contributed by atoms with Crippen LogP contribution in [0, 0.1) is 0 Å². The van der Waals surface area contributed by atoms with Gasteiger partial charge in [0.2, 0.25) is 0 Å². The predicted molar refractivity (Wildman–Crippen MR) is 275 cm³/mol. The second-order valence-corrected chi connectivity index (χ2v) is 16.9. The predicted octanol–water partition coefficient (Wildman–Crippen LogP) is 16.2. The second-order valence-electron chi connectivity index (χ2n) is 16.9. The minimum Gasteiger partial charge on any atom is -0.247 e. The third-order valence-electron chi connectivity index (χ3n) is 13.1. The van der Waals surface area contributed by atoms with Crippen LogP contribution in [-0.4, -0.2) is 19.9 Å². The van der Waals surface area contributed by atoms with Crippen molar-refractivity contribution in [3.63, 3.8) is 0 Å². The molecule has 0 saturated heterocycles. The SMILES string of the molecule is c1ccc(-c2nc(-c3ccccc3)nc(-c3ccc(-c4cc5c(-c6cc7ccccc7c7ccccc67)cc(-c6cc7ccccc7c7ccccc67)nc5c5ccccc45)cc3)n2)cc1. The molecule has 0 amide bonds. The maximum absolute atomic E-state index is 5.69. The van der Waals surface area contributed by atoms with E-state index in [0.717, 1.165) is 66.3 Å². The number of nitrogens with zero attached hydrogens (tertiary/aromatic N) is 4. The summed E-state index contributed by atoms with van der Waals surface area (Å²) >= 11 is 0. The van der Waals surface area contributed by atoms with Crippen LogP contribution in [0.15, 0.2) is 231 Å². The van der Waals surface area contributed by atoms with Crippen LogP contribution < -0.4 is 0 Å². The molecule has 0 aliphatic rings. The molecule has 13 rings (SSSR count). The highest BCUT2D eigenvalue weighted by Gasteiger charge is 2.20. The Balaban J connectivity index is 1.05. The molecule has 306 valence electrons. The Labute approximate surface area is 381 Å². The van der Waals surface area contributed by atoms with E-state index in [0.29, 0.717) is 17.5 Å². The molecule has 0 aliphatic heterocycles. The van der Waals surface area contributed by atoms with Crippen LogP contribution in [-0.2, 0) is 0 Å². The first-order valence-electron chi connectivity index (χ1n) is 22.4. The van der Waals surface area contributed by atoms with Crippen LogP contribution in [0.2, 0.25) is 0 Å². The number of fused-ring (bicyclic) bond motifs is 9. The minimum absolute atomic E-state index is 0.626. The van der Waals surface area contributed by atoms with Crippen molar-refractivity contribution in [1.29, 1.82) is 0 Å². The van der Waals surface area contributed by atoms with E-state index < -0.39 is 0 Å². The number of aromatic nitrogens is 4. The highest BCUT2D eigenvalue weighted by molar-refractivity contribution is 6.21. The van der Waals surface area contributed by atoms with Crippen LogP contribution in [0.25, 0.3) is 132 Å². The number of benzene rings is 11. The molecule has 0 fully saturated rings. The van der Waals surface area contributed by atoms with Crippen LogP contribution in [0.3, 0.4) is 0 Å². The number of rotatable bonds is 6. The molecular weight excluding hydrogens is 801 g/mol. The molecule has 2 heterocycles. The monoisotopic (exact) mass is 838 g/mol. The molecule has 4 nitrogen and oxygen atoms in total. The second kappa shape index (κ2) is 15.4. The lowest BCUT2D eigenvalue weighted by atomic mass is 9.87. The number of hydrogen-bond acceptors (Lipinski definition) is 4. The zero-order valence-corrected chi connectivity index (χ0v) is 35.7. The van der Waals surface area contributed by atoms with Gasteiger partial charge < -0.3 is 0 Å². The van der Waals surface area contributed by atoms with Crippen molar-refractivity contribution < 1.29 is 0 Å². The Kier molecular flexibility index (Phi) is 8.81. The molecule has 0 unspecified atom stereocenters. The van der Waals surface area contributed by atoms with E-state index in [4.69, 9.17) is 19.9 Å². The van der Waals surface area contributed by atoms with Gasteiger partial charge in [-0.05, 0) is 95.0 Å². The van der Waals surface area contributed by atoms with Crippen LogP contribution in [0.4, 0.5) is 0 Å². The normalized spacial score (nSPS) is 11.6. The first-order valence-corrected chi connectivity index (χ1v) is 22.4. The molecule has 0 spiro atoms. The molecule has 66 heavy (non-hydrogen) atoms. The van der Waals surface area contributed by atoms with Gasteiger partial charge in [-0.15, -0.1) is 0 Å². The topological polar surface area (TPSA) is 51.6 Å². The number of pyridine rings is 1. The van der Waals surface area contributed by atoms with Crippen molar-refractivity contribution in [1.82, 2.24) is 19.9 Å². The van der Waals surface area contributed by atoms with Gasteiger partial charge in [-0.3, -0.25) is 0 Å². The van der Waals surface area contributed by atoms with Crippen molar-refractivity contribution in [2.75, 3.05) is 0 Å². The fourth-order valence-corrected chi connectivity index (χ4v) is 9.93. The first kappa shape index (κ1) is 37.7. The van der Waals surface area contributed by atoms with Crippen molar-refractivity contribution >= 4 is 64.8 Å². The molecule has 0 atom stereocenters. The lowest BCUT2D eigenvalue weighted by Gasteiger charge is -2.18. The summed E-state index contributed by atoms with van der Waals surface area (Å²) < 4.78 is 0. The van der Waals surface area contributed by atoms with Gasteiger partial charge in [-0.25, -0.2) is 19.9 Å². The van der Waals surface area contributed by atoms with Crippen molar-refractivity contribution in [2.45, 2.75) is 0 Å². The number of hydrogen-bond donors (Lipinski definition) is 0. The summed E-state index contributed by atoms with van der Waals surface area (Å²) in [6.07, 6.45) is 0. The summed E-state index contributed by atoms with van der Waals surface area (Å²) in [5.41, 5.74) is 10.4. The van der Waals surface area contributed by atoms with E-state index in [-0.39, 0.29) is 0 Å². The largest absolute Gasteiger partial charge is 0.247 e. The minimum atomic E-state index is 0.626. The Morgan fingerprint density at radius 3 is 1.14 bits per heavy atom. The fraction of sp³-hybridized carbons (Fsp3) is 0. The summed E-state index contributed by atoms with van der Waals surface area (Å²) in [6.45, 7) is 0. The Morgan fingerprint density at radius 1 is 0.212 bits per heavy atom. The first-order chi connectivity index (χ1) is 32.7. The van der Waals surface area contributed by atoms with Gasteiger partial charge >= 0.3 is 0 Å². The summed E-state index contributed by atoms with van der Waals surface area (Å²) in [7, 11) is 0. The maximum atomic E-state index is 5.69. The standard InChI is InChI=1S/C62H38N4/c1-3-17-40(18-4-1)60-64-61(41-19-5-2-6-20-41)66-62(65-60)42-33-31-39(32-34-42)53-37-57-55(54-35-43-21-7-9-23-45(43)47-25-11-13-27-49(47)54)38-58(63-59(57)52-30-16-15-29-51(52)53)56-36-44-22-8-10-24-46(44)48-26-12-14-28-50(48)56/h1-38H. The summed E-state index contributed by atoms with van der Waals surface area (Å²) in [4.78, 5) is 20.7. The van der Waals surface area contributed by atoms with Gasteiger partial charge in [0.1, 0.15) is 0 Å². The van der Waals surface area contributed by atoms with Gasteiger partial charge in [0.15, 0.2) is 17.5 Å². The molecule has 13 aromatic rings. The lowest BCUT2D eigenvalue weighted by molar-refractivity contribution is 1.07. The van der Waals surface area contributed by atoms with Gasteiger partial charge in [-0.2, -0.15) is 0 Å². The van der Waals surface area contributed by atoms with E-state index in [9.17, 15) is 0 Å². The summed E-state index contributed by atoms with van der Waals surface area (Å²) in [5, 5.41) is 13.1. The van der Waals surface area contributed by atoms with E-state index >= 15 is 0 Å². The molecule has 4 heteroatoms. The van der Waals surface area contributed by atoms with Gasteiger partial charge in [0, 0.05) is 33.0 Å². The van der Waals surface area contributed by atoms with Crippen molar-refractivity contribution in [3.05, 3.63) is 231 Å². The average Bonchev–Trinajstić information content (AvgIpc) is 3.40.